The van der Waals surface area contributed by atoms with Crippen LogP contribution in [0.3, 0.4) is 0 Å². The van der Waals surface area contributed by atoms with Gasteiger partial charge in [0.15, 0.2) is 5.82 Å². The Labute approximate surface area is 146 Å². The van der Waals surface area contributed by atoms with Gasteiger partial charge in [-0.3, -0.25) is 4.98 Å². The number of aromatic nitrogens is 3. The van der Waals surface area contributed by atoms with Crippen LogP contribution in [0, 0.1) is 0 Å². The van der Waals surface area contributed by atoms with Crippen molar-refractivity contribution in [3.05, 3.63) is 78.6 Å². The van der Waals surface area contributed by atoms with Crippen molar-refractivity contribution < 1.29 is 4.74 Å². The Morgan fingerprint density at radius 3 is 2.36 bits per heavy atom. The van der Waals surface area contributed by atoms with Gasteiger partial charge in [-0.25, -0.2) is 4.98 Å². The van der Waals surface area contributed by atoms with Gasteiger partial charge in [-0.2, -0.15) is 4.98 Å². The third-order valence-corrected chi connectivity index (χ3v) is 4.05. The van der Waals surface area contributed by atoms with E-state index in [0.29, 0.717) is 11.7 Å². The second kappa shape index (κ2) is 6.69. The fraction of sp³-hybridized carbons (Fsp3) is 0.0952. The minimum atomic E-state index is 0.557. The van der Waals surface area contributed by atoms with Gasteiger partial charge in [-0.15, -0.1) is 0 Å². The van der Waals surface area contributed by atoms with Crippen molar-refractivity contribution in [1.29, 1.82) is 0 Å². The Morgan fingerprint density at radius 2 is 1.60 bits per heavy atom. The standard InChI is InChI=1S/C21H17N3O/c1-2-15-7-9-17(10-8-15)25-21-18-5-3-4-6-19(18)23-20(24-21)16-11-13-22-14-12-16/h3-14H,2H2,1H3. The van der Waals surface area contributed by atoms with Crippen molar-refractivity contribution >= 4 is 10.9 Å². The molecule has 0 unspecified atom stereocenters. The minimum Gasteiger partial charge on any atom is -0.438 e. The maximum atomic E-state index is 6.09. The summed E-state index contributed by atoms with van der Waals surface area (Å²) in [6.45, 7) is 2.13. The molecule has 4 rings (SSSR count). The van der Waals surface area contributed by atoms with E-state index in [2.05, 4.69) is 34.0 Å². The number of para-hydroxylation sites is 1. The second-order valence-corrected chi connectivity index (χ2v) is 5.70. The molecule has 4 heteroatoms. The molecule has 0 saturated carbocycles. The molecule has 0 bridgehead atoms. The van der Waals surface area contributed by atoms with E-state index in [-0.39, 0.29) is 0 Å². The highest BCUT2D eigenvalue weighted by atomic mass is 16.5. The summed E-state index contributed by atoms with van der Waals surface area (Å²) in [5.41, 5.74) is 3.04. The van der Waals surface area contributed by atoms with E-state index in [1.807, 2.05) is 48.5 Å². The Hall–Kier alpha value is -3.27. The van der Waals surface area contributed by atoms with E-state index in [1.165, 1.54) is 5.56 Å². The average molecular weight is 327 g/mol. The van der Waals surface area contributed by atoms with Gasteiger partial charge in [-0.05, 0) is 48.4 Å². The molecule has 25 heavy (non-hydrogen) atoms. The van der Waals surface area contributed by atoms with Crippen LogP contribution >= 0.6 is 0 Å². The highest BCUT2D eigenvalue weighted by Gasteiger charge is 2.11. The van der Waals surface area contributed by atoms with Gasteiger partial charge < -0.3 is 4.74 Å². The molecule has 0 aliphatic rings. The number of benzene rings is 2. The largest absolute Gasteiger partial charge is 0.438 e. The molecule has 0 saturated heterocycles. The second-order valence-electron chi connectivity index (χ2n) is 5.70. The van der Waals surface area contributed by atoms with Crippen molar-refractivity contribution in [1.82, 2.24) is 15.0 Å². The Morgan fingerprint density at radius 1 is 0.840 bits per heavy atom. The lowest BCUT2D eigenvalue weighted by molar-refractivity contribution is 0.469. The predicted molar refractivity (Wildman–Crippen MR) is 98.7 cm³/mol. The summed E-state index contributed by atoms with van der Waals surface area (Å²) in [6.07, 6.45) is 4.47. The topological polar surface area (TPSA) is 47.9 Å². The molecule has 2 aromatic heterocycles. The molecule has 0 atom stereocenters. The molecular weight excluding hydrogens is 310 g/mol. The molecule has 0 amide bonds. The van der Waals surface area contributed by atoms with Crippen LogP contribution in [0.5, 0.6) is 11.6 Å². The summed E-state index contributed by atoms with van der Waals surface area (Å²) in [7, 11) is 0. The summed E-state index contributed by atoms with van der Waals surface area (Å²) < 4.78 is 6.09. The summed E-state index contributed by atoms with van der Waals surface area (Å²) >= 11 is 0. The monoisotopic (exact) mass is 327 g/mol. The van der Waals surface area contributed by atoms with Crippen LogP contribution in [0.4, 0.5) is 0 Å². The van der Waals surface area contributed by atoms with Crippen molar-refractivity contribution in [2.75, 3.05) is 0 Å². The molecule has 122 valence electrons. The summed E-state index contributed by atoms with van der Waals surface area (Å²) in [4.78, 5) is 13.4. The third-order valence-electron chi connectivity index (χ3n) is 4.05. The van der Waals surface area contributed by atoms with Gasteiger partial charge in [0, 0.05) is 18.0 Å². The predicted octanol–water partition coefficient (Wildman–Crippen LogP) is 5.05. The first-order chi connectivity index (χ1) is 12.3. The van der Waals surface area contributed by atoms with Crippen LogP contribution in [0.15, 0.2) is 73.1 Å². The first kappa shape index (κ1) is 15.3. The van der Waals surface area contributed by atoms with Crippen LogP contribution in [0.25, 0.3) is 22.3 Å². The first-order valence-corrected chi connectivity index (χ1v) is 8.27. The Kier molecular flexibility index (Phi) is 4.09. The highest BCUT2D eigenvalue weighted by molar-refractivity contribution is 5.85. The Bertz CT molecular complexity index is 998. The minimum absolute atomic E-state index is 0.557. The average Bonchev–Trinajstić information content (AvgIpc) is 2.69. The maximum Gasteiger partial charge on any atom is 0.230 e. The summed E-state index contributed by atoms with van der Waals surface area (Å²) in [6, 6.07) is 19.7. The molecule has 0 N–H and O–H groups in total. The molecule has 2 heterocycles. The van der Waals surface area contributed by atoms with E-state index in [1.54, 1.807) is 12.4 Å². The van der Waals surface area contributed by atoms with Gasteiger partial charge in [0.2, 0.25) is 5.88 Å². The highest BCUT2D eigenvalue weighted by Crippen LogP contribution is 2.30. The lowest BCUT2D eigenvalue weighted by atomic mass is 10.2. The number of nitrogens with zero attached hydrogens (tertiary/aromatic N) is 3. The van der Waals surface area contributed by atoms with Crippen molar-refractivity contribution in [3.8, 4) is 23.0 Å². The zero-order chi connectivity index (χ0) is 17.1. The van der Waals surface area contributed by atoms with Crippen LogP contribution in [0.2, 0.25) is 0 Å². The van der Waals surface area contributed by atoms with E-state index >= 15 is 0 Å². The smallest absolute Gasteiger partial charge is 0.230 e. The van der Waals surface area contributed by atoms with Gasteiger partial charge in [0.25, 0.3) is 0 Å². The molecular formula is C21H17N3O. The fourth-order valence-corrected chi connectivity index (χ4v) is 2.66. The normalized spacial score (nSPS) is 10.8. The first-order valence-electron chi connectivity index (χ1n) is 8.27. The quantitative estimate of drug-likeness (QED) is 0.526. The van der Waals surface area contributed by atoms with Crippen molar-refractivity contribution in [2.45, 2.75) is 13.3 Å². The SMILES string of the molecule is CCc1ccc(Oc2nc(-c3ccncc3)nc3ccccc23)cc1. The maximum absolute atomic E-state index is 6.09. The van der Waals surface area contributed by atoms with Crippen molar-refractivity contribution in [2.24, 2.45) is 0 Å². The summed E-state index contributed by atoms with van der Waals surface area (Å²) in [5.74, 6) is 1.95. The zero-order valence-electron chi connectivity index (χ0n) is 13.9. The number of ether oxygens (including phenoxy) is 1. The lowest BCUT2D eigenvalue weighted by Crippen LogP contribution is -1.96. The van der Waals surface area contributed by atoms with E-state index < -0.39 is 0 Å². The molecule has 0 aliphatic carbocycles. The molecule has 4 nitrogen and oxygen atoms in total. The number of fused-ring (bicyclic) bond motifs is 1. The van der Waals surface area contributed by atoms with Gasteiger partial charge in [-0.1, -0.05) is 31.2 Å². The zero-order valence-corrected chi connectivity index (χ0v) is 13.9. The molecule has 0 spiro atoms. The fourth-order valence-electron chi connectivity index (χ4n) is 2.66. The van der Waals surface area contributed by atoms with Gasteiger partial charge >= 0.3 is 0 Å². The molecule has 0 radical (unpaired) electrons. The number of rotatable bonds is 4. The van der Waals surface area contributed by atoms with Crippen LogP contribution < -0.4 is 4.74 Å². The van der Waals surface area contributed by atoms with Crippen molar-refractivity contribution in [3.63, 3.8) is 0 Å². The number of pyridine rings is 1. The van der Waals surface area contributed by atoms with Crippen LogP contribution in [-0.2, 0) is 6.42 Å². The van der Waals surface area contributed by atoms with Crippen LogP contribution in [-0.4, -0.2) is 15.0 Å². The van der Waals surface area contributed by atoms with E-state index in [9.17, 15) is 0 Å². The van der Waals surface area contributed by atoms with E-state index in [0.717, 1.165) is 28.6 Å². The number of hydrogen-bond donors (Lipinski definition) is 0. The molecule has 4 aromatic rings. The van der Waals surface area contributed by atoms with Gasteiger partial charge in [0.1, 0.15) is 5.75 Å². The molecule has 0 aliphatic heterocycles. The molecule has 2 aromatic carbocycles. The number of aryl methyl sites for hydroxylation is 1. The van der Waals surface area contributed by atoms with E-state index in [4.69, 9.17) is 4.74 Å². The van der Waals surface area contributed by atoms with Gasteiger partial charge in [0.05, 0.1) is 10.9 Å². The molecule has 0 fully saturated rings. The lowest BCUT2D eigenvalue weighted by Gasteiger charge is -2.10. The third kappa shape index (κ3) is 3.19. The Balaban J connectivity index is 1.80. The number of hydrogen-bond acceptors (Lipinski definition) is 4. The van der Waals surface area contributed by atoms with Crippen LogP contribution in [0.1, 0.15) is 12.5 Å². The summed E-state index contributed by atoms with van der Waals surface area (Å²) in [5, 5.41) is 0.889.